The second-order valence-corrected chi connectivity index (χ2v) is 8.95. The fourth-order valence-corrected chi connectivity index (χ4v) is 5.29. The van der Waals surface area contributed by atoms with Crippen molar-refractivity contribution in [2.24, 2.45) is 7.05 Å². The minimum Gasteiger partial charge on any atom is -0.343 e. The Morgan fingerprint density at radius 2 is 1.72 bits per heavy atom. The highest BCUT2D eigenvalue weighted by molar-refractivity contribution is 7.19. The number of thiophene rings is 1. The first-order valence-electron chi connectivity index (χ1n) is 9.77. The zero-order valence-corrected chi connectivity index (χ0v) is 18.5. The van der Waals surface area contributed by atoms with Gasteiger partial charge >= 0.3 is 0 Å². The van der Waals surface area contributed by atoms with Crippen LogP contribution in [0.3, 0.4) is 0 Å². The van der Waals surface area contributed by atoms with Crippen molar-refractivity contribution in [1.29, 1.82) is 10.5 Å². The van der Waals surface area contributed by atoms with E-state index < -0.39 is 0 Å². The molecule has 152 valence electrons. The van der Waals surface area contributed by atoms with E-state index in [1.54, 1.807) is 41.7 Å². The molecule has 5 rings (SSSR count). The first-order chi connectivity index (χ1) is 15.5. The zero-order valence-electron chi connectivity index (χ0n) is 16.9. The summed E-state index contributed by atoms with van der Waals surface area (Å²) in [5.74, 6) is -0.169. The number of benzene rings is 2. The minimum absolute atomic E-state index is 0.0549. The lowest BCUT2D eigenvalue weighted by molar-refractivity contribution is 0.104. The van der Waals surface area contributed by atoms with Gasteiger partial charge < -0.3 is 4.57 Å². The lowest BCUT2D eigenvalue weighted by atomic mass is 9.99. The van der Waals surface area contributed by atoms with Crippen LogP contribution in [0.25, 0.3) is 33.1 Å². The quantitative estimate of drug-likeness (QED) is 0.253. The molecule has 0 atom stereocenters. The second-order valence-electron chi connectivity index (χ2n) is 7.40. The van der Waals surface area contributed by atoms with Crippen LogP contribution in [0, 0.1) is 22.7 Å². The van der Waals surface area contributed by atoms with E-state index in [0.717, 1.165) is 26.4 Å². The minimum atomic E-state index is -0.169. The number of allylic oxidation sites excluding steroid dienone is 3. The van der Waals surface area contributed by atoms with E-state index in [1.165, 1.54) is 0 Å². The average Bonchev–Trinajstić information content (AvgIpc) is 3.43. The molecule has 32 heavy (non-hydrogen) atoms. The van der Waals surface area contributed by atoms with Crippen LogP contribution in [0.4, 0.5) is 0 Å². The molecular formula is C26H14ClN3OS. The largest absolute Gasteiger partial charge is 0.343 e. The average molecular weight is 452 g/mol. The van der Waals surface area contributed by atoms with Crippen LogP contribution in [-0.4, -0.2) is 10.4 Å². The predicted octanol–water partition coefficient (Wildman–Crippen LogP) is 6.64. The van der Waals surface area contributed by atoms with Crippen molar-refractivity contribution < 1.29 is 4.79 Å². The van der Waals surface area contributed by atoms with E-state index in [9.17, 15) is 15.3 Å². The van der Waals surface area contributed by atoms with Crippen molar-refractivity contribution >= 4 is 50.6 Å². The third kappa shape index (κ3) is 3.08. The Labute approximate surface area is 193 Å². The number of fused-ring (bicyclic) bond motifs is 2. The van der Waals surface area contributed by atoms with Crippen molar-refractivity contribution in [1.82, 2.24) is 4.57 Å². The standard InChI is InChI=1S/C26H14ClN3OS/c1-30-22(15-6-8-17(27)9-7-15)12-24-23(30)11-18(32-24)10-21-25(16(13-28)14-29)19-4-2-3-5-20(19)26(21)31/h2-12H,1H3/b21-10-. The number of halogens is 1. The molecule has 2 heterocycles. The molecule has 0 saturated carbocycles. The number of hydrogen-bond acceptors (Lipinski definition) is 4. The number of aryl methyl sites for hydroxylation is 1. The molecule has 0 spiro atoms. The van der Waals surface area contributed by atoms with Gasteiger partial charge in [0.2, 0.25) is 0 Å². The molecule has 0 radical (unpaired) electrons. The van der Waals surface area contributed by atoms with Gasteiger partial charge in [0.05, 0.1) is 10.2 Å². The van der Waals surface area contributed by atoms with Crippen LogP contribution < -0.4 is 0 Å². The Bertz CT molecular complexity index is 1550. The van der Waals surface area contributed by atoms with E-state index in [4.69, 9.17) is 11.6 Å². The van der Waals surface area contributed by atoms with Crippen molar-refractivity contribution in [2.45, 2.75) is 0 Å². The Morgan fingerprint density at radius 1 is 1.03 bits per heavy atom. The van der Waals surface area contributed by atoms with Gasteiger partial charge in [-0.25, -0.2) is 0 Å². The van der Waals surface area contributed by atoms with Crippen LogP contribution in [0.1, 0.15) is 20.8 Å². The summed E-state index contributed by atoms with van der Waals surface area (Å²) in [6.07, 6.45) is 1.79. The van der Waals surface area contributed by atoms with Gasteiger partial charge in [0.25, 0.3) is 0 Å². The summed E-state index contributed by atoms with van der Waals surface area (Å²) in [6, 6.07) is 22.8. The van der Waals surface area contributed by atoms with Crippen LogP contribution in [0.15, 0.2) is 71.8 Å². The smallest absolute Gasteiger partial charge is 0.194 e. The number of ketones is 1. The number of nitriles is 2. The summed E-state index contributed by atoms with van der Waals surface area (Å²) in [5.41, 5.74) is 5.07. The van der Waals surface area contributed by atoms with Crippen LogP contribution in [0.5, 0.6) is 0 Å². The maximum atomic E-state index is 13.1. The lowest BCUT2D eigenvalue weighted by Crippen LogP contribution is -1.95. The third-order valence-corrected chi connectivity index (χ3v) is 6.88. The van der Waals surface area contributed by atoms with Crippen molar-refractivity contribution in [3.05, 3.63) is 92.8 Å². The van der Waals surface area contributed by atoms with E-state index in [1.807, 2.05) is 49.5 Å². The molecule has 1 aliphatic carbocycles. The van der Waals surface area contributed by atoms with E-state index >= 15 is 0 Å². The van der Waals surface area contributed by atoms with Crippen LogP contribution in [0.2, 0.25) is 5.02 Å². The summed E-state index contributed by atoms with van der Waals surface area (Å²) in [6.45, 7) is 0. The molecular weight excluding hydrogens is 438 g/mol. The molecule has 0 amide bonds. The fraction of sp³-hybridized carbons (Fsp3) is 0.0385. The second kappa shape index (κ2) is 7.66. The number of rotatable bonds is 2. The monoisotopic (exact) mass is 451 g/mol. The molecule has 0 saturated heterocycles. The Hall–Kier alpha value is -3.90. The molecule has 0 aliphatic heterocycles. The molecule has 6 heteroatoms. The Kier molecular flexibility index (Phi) is 4.79. The van der Waals surface area contributed by atoms with Gasteiger partial charge in [-0.05, 0) is 41.5 Å². The van der Waals surface area contributed by atoms with Gasteiger partial charge in [0.15, 0.2) is 5.78 Å². The number of carbonyl (C=O) groups is 1. The third-order valence-electron chi connectivity index (χ3n) is 5.60. The van der Waals surface area contributed by atoms with Crippen LogP contribution in [-0.2, 0) is 7.05 Å². The molecule has 0 fully saturated rings. The predicted molar refractivity (Wildman–Crippen MR) is 128 cm³/mol. The molecule has 4 aromatic rings. The summed E-state index contributed by atoms with van der Waals surface area (Å²) in [7, 11) is 2.00. The molecule has 0 N–H and O–H groups in total. The van der Waals surface area contributed by atoms with Crippen molar-refractivity contribution in [3.63, 3.8) is 0 Å². The molecule has 2 aromatic heterocycles. The summed E-state index contributed by atoms with van der Waals surface area (Å²) in [5, 5.41) is 19.6. The highest BCUT2D eigenvalue weighted by Crippen LogP contribution is 2.41. The normalized spacial score (nSPS) is 13.9. The van der Waals surface area contributed by atoms with Gasteiger partial charge in [0, 0.05) is 39.4 Å². The lowest BCUT2D eigenvalue weighted by Gasteiger charge is -2.04. The van der Waals surface area contributed by atoms with Gasteiger partial charge in [0.1, 0.15) is 17.7 Å². The molecule has 4 nitrogen and oxygen atoms in total. The Morgan fingerprint density at radius 3 is 2.38 bits per heavy atom. The number of hydrogen-bond donors (Lipinski definition) is 0. The molecule has 0 bridgehead atoms. The van der Waals surface area contributed by atoms with E-state index in [0.29, 0.717) is 27.3 Å². The van der Waals surface area contributed by atoms with Crippen molar-refractivity contribution in [2.75, 3.05) is 0 Å². The summed E-state index contributed by atoms with van der Waals surface area (Å²) in [4.78, 5) is 14.0. The van der Waals surface area contributed by atoms with Crippen LogP contribution >= 0.6 is 22.9 Å². The first kappa shape index (κ1) is 20.0. The maximum Gasteiger partial charge on any atom is 0.194 e. The van der Waals surface area contributed by atoms with E-state index in [-0.39, 0.29) is 11.4 Å². The van der Waals surface area contributed by atoms with Gasteiger partial charge in [-0.15, -0.1) is 11.3 Å². The highest BCUT2D eigenvalue weighted by atomic mass is 35.5. The van der Waals surface area contributed by atoms with E-state index in [2.05, 4.69) is 10.6 Å². The Balaban J connectivity index is 1.63. The summed E-state index contributed by atoms with van der Waals surface area (Å²) < 4.78 is 3.19. The molecule has 1 aliphatic rings. The topological polar surface area (TPSA) is 69.6 Å². The SMILES string of the molecule is Cn1c(-c2ccc(Cl)cc2)cc2sc(/C=C3\C(=O)c4ccccc4C3=C(C#N)C#N)cc21. The number of carbonyl (C=O) groups excluding carboxylic acids is 1. The first-order valence-corrected chi connectivity index (χ1v) is 11.0. The molecule has 0 unspecified atom stereocenters. The maximum absolute atomic E-state index is 13.1. The van der Waals surface area contributed by atoms with Gasteiger partial charge in [-0.2, -0.15) is 10.5 Å². The zero-order chi connectivity index (χ0) is 22.4. The number of Topliss-reactive ketones (excluding diaryl/α,β-unsaturated/α-hetero) is 1. The van der Waals surface area contributed by atoms with Gasteiger partial charge in [-0.3, -0.25) is 4.79 Å². The van der Waals surface area contributed by atoms with Crippen molar-refractivity contribution in [3.8, 4) is 23.4 Å². The molecule has 2 aromatic carbocycles. The number of aromatic nitrogens is 1. The fourth-order valence-electron chi connectivity index (χ4n) is 4.09. The van der Waals surface area contributed by atoms with Gasteiger partial charge in [-0.1, -0.05) is 48.0 Å². The highest BCUT2D eigenvalue weighted by Gasteiger charge is 2.32. The number of nitrogens with zero attached hydrogens (tertiary/aromatic N) is 3. The summed E-state index contributed by atoms with van der Waals surface area (Å²) >= 11 is 7.58.